The van der Waals surface area contributed by atoms with Crippen molar-refractivity contribution in [2.24, 2.45) is 0 Å². The van der Waals surface area contributed by atoms with E-state index in [9.17, 15) is 14.4 Å². The Balaban J connectivity index is 1.93. The second-order valence-electron chi connectivity index (χ2n) is 9.27. The molecule has 1 heterocycles. The van der Waals surface area contributed by atoms with Gasteiger partial charge in [0.1, 0.15) is 5.60 Å². The van der Waals surface area contributed by atoms with Crippen LogP contribution in [0, 0.1) is 0 Å². The number of hydrogen-bond acceptors (Lipinski definition) is 5. The molecule has 0 N–H and O–H groups in total. The average molecular weight is 521 g/mol. The zero-order chi connectivity index (χ0) is 24.5. The van der Waals surface area contributed by atoms with Crippen LogP contribution in [-0.2, 0) is 19.9 Å². The van der Waals surface area contributed by atoms with E-state index < -0.39 is 29.1 Å². The second kappa shape index (κ2) is 9.18. The van der Waals surface area contributed by atoms with Gasteiger partial charge in [0, 0.05) is 27.9 Å². The van der Waals surface area contributed by atoms with Gasteiger partial charge in [0.2, 0.25) is 5.60 Å². The Morgan fingerprint density at radius 2 is 1.65 bits per heavy atom. The highest BCUT2D eigenvalue weighted by Crippen LogP contribution is 2.50. The number of benzene rings is 3. The smallest absolute Gasteiger partial charge is 0.356 e. The summed E-state index contributed by atoms with van der Waals surface area (Å²) >= 11 is 3.49. The Morgan fingerprint density at radius 1 is 0.971 bits per heavy atom. The van der Waals surface area contributed by atoms with Crippen molar-refractivity contribution in [2.75, 3.05) is 0 Å². The van der Waals surface area contributed by atoms with E-state index in [2.05, 4.69) is 15.9 Å². The SMILES string of the molecule is CC(C)(C)OC(=O)[C@]1([C@H](CC(=O)c2ccccc2)c2cccc(Br)c2)OC(=O)c2ccccc21. The molecule has 0 spiro atoms. The van der Waals surface area contributed by atoms with Crippen molar-refractivity contribution in [1.82, 2.24) is 0 Å². The van der Waals surface area contributed by atoms with Crippen molar-refractivity contribution in [3.63, 3.8) is 0 Å². The quantitative estimate of drug-likeness (QED) is 0.285. The molecule has 1 aliphatic rings. The highest BCUT2D eigenvalue weighted by molar-refractivity contribution is 9.10. The van der Waals surface area contributed by atoms with Gasteiger partial charge in [-0.3, -0.25) is 4.79 Å². The van der Waals surface area contributed by atoms with Crippen molar-refractivity contribution < 1.29 is 23.9 Å². The molecule has 1 aliphatic heterocycles. The number of rotatable bonds is 6. The third-order valence-electron chi connectivity index (χ3n) is 5.73. The summed E-state index contributed by atoms with van der Waals surface area (Å²) in [6.07, 6.45) is -0.0681. The highest BCUT2D eigenvalue weighted by atomic mass is 79.9. The van der Waals surface area contributed by atoms with Crippen LogP contribution in [0.1, 0.15) is 65.0 Å². The molecule has 0 fully saturated rings. The van der Waals surface area contributed by atoms with Gasteiger partial charge in [0.05, 0.1) is 5.56 Å². The Kier molecular flexibility index (Phi) is 6.45. The predicted octanol–water partition coefficient (Wildman–Crippen LogP) is 6.21. The fraction of sp³-hybridized carbons (Fsp3) is 0.250. The van der Waals surface area contributed by atoms with Crippen LogP contribution in [0.3, 0.4) is 0 Å². The number of ether oxygens (including phenoxy) is 2. The van der Waals surface area contributed by atoms with E-state index in [1.54, 1.807) is 69.3 Å². The van der Waals surface area contributed by atoms with Gasteiger partial charge in [-0.25, -0.2) is 9.59 Å². The first kappa shape index (κ1) is 23.9. The number of halogens is 1. The van der Waals surface area contributed by atoms with Gasteiger partial charge in [-0.15, -0.1) is 0 Å². The molecular weight excluding hydrogens is 496 g/mol. The first-order valence-electron chi connectivity index (χ1n) is 11.0. The van der Waals surface area contributed by atoms with Crippen LogP contribution in [0.4, 0.5) is 0 Å². The minimum Gasteiger partial charge on any atom is -0.457 e. The summed E-state index contributed by atoms with van der Waals surface area (Å²) in [4.78, 5) is 40.3. The zero-order valence-corrected chi connectivity index (χ0v) is 20.8. The molecule has 0 saturated carbocycles. The first-order chi connectivity index (χ1) is 16.1. The van der Waals surface area contributed by atoms with E-state index in [1.165, 1.54) is 0 Å². The molecule has 0 unspecified atom stereocenters. The van der Waals surface area contributed by atoms with Gasteiger partial charge < -0.3 is 9.47 Å². The van der Waals surface area contributed by atoms with Crippen LogP contribution < -0.4 is 0 Å². The molecule has 0 aromatic heterocycles. The monoisotopic (exact) mass is 520 g/mol. The van der Waals surface area contributed by atoms with Crippen LogP contribution in [0.2, 0.25) is 0 Å². The van der Waals surface area contributed by atoms with Gasteiger partial charge in [-0.2, -0.15) is 0 Å². The van der Waals surface area contributed by atoms with E-state index in [1.807, 2.05) is 30.3 Å². The standard InChI is InChI=1S/C28H25BrO5/c1-27(2,3)34-26(32)28(22-15-8-7-14-21(22)25(31)33-28)23(19-12-9-13-20(29)16-19)17-24(30)18-10-5-4-6-11-18/h4-16,23H,17H2,1-3H3/t23-,28+/m1/s1. The average Bonchev–Trinajstić information content (AvgIpc) is 3.10. The summed E-state index contributed by atoms with van der Waals surface area (Å²) in [6.45, 7) is 5.26. The van der Waals surface area contributed by atoms with E-state index in [-0.39, 0.29) is 12.2 Å². The van der Waals surface area contributed by atoms with Crippen LogP contribution >= 0.6 is 15.9 Å². The number of fused-ring (bicyclic) bond motifs is 1. The maximum Gasteiger partial charge on any atom is 0.356 e. The van der Waals surface area contributed by atoms with Gasteiger partial charge in [0.15, 0.2) is 5.78 Å². The molecule has 4 rings (SSSR count). The summed E-state index contributed by atoms with van der Waals surface area (Å²) in [5.74, 6) is -2.31. The van der Waals surface area contributed by atoms with E-state index in [0.717, 1.165) is 4.47 Å². The molecule has 3 aromatic rings. The minimum atomic E-state index is -1.81. The third kappa shape index (κ3) is 4.55. The van der Waals surface area contributed by atoms with Gasteiger partial charge in [-0.1, -0.05) is 76.6 Å². The summed E-state index contributed by atoms with van der Waals surface area (Å²) < 4.78 is 12.5. The predicted molar refractivity (Wildman–Crippen MR) is 132 cm³/mol. The first-order valence-corrected chi connectivity index (χ1v) is 11.8. The number of ketones is 1. The van der Waals surface area contributed by atoms with Crippen molar-refractivity contribution >= 4 is 33.7 Å². The highest BCUT2D eigenvalue weighted by Gasteiger charge is 2.59. The molecule has 0 bridgehead atoms. The van der Waals surface area contributed by atoms with Crippen LogP contribution in [-0.4, -0.2) is 23.3 Å². The summed E-state index contributed by atoms with van der Waals surface area (Å²) in [6, 6.07) is 23.0. The molecule has 0 saturated heterocycles. The lowest BCUT2D eigenvalue weighted by Gasteiger charge is -2.37. The van der Waals surface area contributed by atoms with Crippen molar-refractivity contribution in [2.45, 2.75) is 44.3 Å². The number of Topliss-reactive ketones (excluding diaryl/α,β-unsaturated/α-hetero) is 1. The lowest BCUT2D eigenvalue weighted by Crippen LogP contribution is -2.46. The molecule has 174 valence electrons. The normalized spacial score (nSPS) is 18.1. The molecule has 2 atom stereocenters. The van der Waals surface area contributed by atoms with Crippen molar-refractivity contribution in [3.05, 3.63) is 106 Å². The van der Waals surface area contributed by atoms with Gasteiger partial charge in [-0.05, 0) is 44.5 Å². The van der Waals surface area contributed by atoms with E-state index in [4.69, 9.17) is 9.47 Å². The van der Waals surface area contributed by atoms with Crippen molar-refractivity contribution in [1.29, 1.82) is 0 Å². The Hall–Kier alpha value is -3.25. The summed E-state index contributed by atoms with van der Waals surface area (Å²) in [5, 5.41) is 0. The maximum atomic E-state index is 13.9. The van der Waals surface area contributed by atoms with E-state index >= 15 is 0 Å². The molecule has 5 nitrogen and oxygen atoms in total. The van der Waals surface area contributed by atoms with Gasteiger partial charge >= 0.3 is 11.9 Å². The number of esters is 2. The molecule has 6 heteroatoms. The Morgan fingerprint density at radius 3 is 2.32 bits per heavy atom. The van der Waals surface area contributed by atoms with E-state index in [0.29, 0.717) is 22.3 Å². The Bertz CT molecular complexity index is 1240. The fourth-order valence-corrected chi connectivity index (χ4v) is 4.71. The second-order valence-corrected chi connectivity index (χ2v) is 10.2. The maximum absolute atomic E-state index is 13.9. The fourth-order valence-electron chi connectivity index (χ4n) is 4.29. The molecular formula is C28H25BrO5. The number of carbonyl (C=O) groups is 3. The summed E-state index contributed by atoms with van der Waals surface area (Å²) in [7, 11) is 0. The van der Waals surface area contributed by atoms with Crippen LogP contribution in [0.25, 0.3) is 0 Å². The van der Waals surface area contributed by atoms with Crippen LogP contribution in [0.5, 0.6) is 0 Å². The molecule has 0 aliphatic carbocycles. The van der Waals surface area contributed by atoms with Crippen LogP contribution in [0.15, 0.2) is 83.3 Å². The lowest BCUT2D eigenvalue weighted by molar-refractivity contribution is -0.180. The van der Waals surface area contributed by atoms with Gasteiger partial charge in [0.25, 0.3) is 0 Å². The third-order valence-corrected chi connectivity index (χ3v) is 6.22. The zero-order valence-electron chi connectivity index (χ0n) is 19.2. The Labute approximate surface area is 207 Å². The molecule has 34 heavy (non-hydrogen) atoms. The molecule has 3 aromatic carbocycles. The number of carbonyl (C=O) groups excluding carboxylic acids is 3. The largest absolute Gasteiger partial charge is 0.457 e. The minimum absolute atomic E-state index is 0.0681. The lowest BCUT2D eigenvalue weighted by atomic mass is 9.74. The summed E-state index contributed by atoms with van der Waals surface area (Å²) in [5.41, 5.74) is -0.764. The molecule has 0 amide bonds. The number of hydrogen-bond donors (Lipinski definition) is 0. The number of cyclic esters (lactones) is 1. The molecule has 0 radical (unpaired) electrons. The topological polar surface area (TPSA) is 69.7 Å². The van der Waals surface area contributed by atoms with Crippen molar-refractivity contribution in [3.8, 4) is 0 Å².